The van der Waals surface area contributed by atoms with Gasteiger partial charge in [0.05, 0.1) is 0 Å². The fraction of sp³-hybridized carbons (Fsp3) is 0. The fourth-order valence-corrected chi connectivity index (χ4v) is 2.26. The molecule has 0 fully saturated rings. The zero-order chi connectivity index (χ0) is 13.2. The minimum Gasteiger partial charge on any atom is -0.399 e. The van der Waals surface area contributed by atoms with Gasteiger partial charge >= 0.3 is 0 Å². The third-order valence-electron chi connectivity index (χ3n) is 2.63. The predicted octanol–water partition coefficient (Wildman–Crippen LogP) is 2.67. The highest BCUT2D eigenvalue weighted by molar-refractivity contribution is 9.10. The van der Waals surface area contributed by atoms with Crippen LogP contribution in [0.1, 0.15) is 0 Å². The molecule has 0 saturated heterocycles. The van der Waals surface area contributed by atoms with E-state index in [2.05, 4.69) is 31.3 Å². The summed E-state index contributed by atoms with van der Waals surface area (Å²) in [4.78, 5) is 1.48. The van der Waals surface area contributed by atoms with Crippen molar-refractivity contribution in [1.29, 1.82) is 0 Å². The van der Waals surface area contributed by atoms with Gasteiger partial charge in [-0.3, -0.25) is 0 Å². The minimum absolute atomic E-state index is 0.587. The molecule has 5 nitrogen and oxygen atoms in total. The minimum atomic E-state index is 0.587. The molecular weight excluding hydrogens is 306 g/mol. The maximum Gasteiger partial charge on any atom is 0.205 e. The molecule has 0 saturated carbocycles. The SMILES string of the molecule is Nc1ccc(-n2nnc(-c3ccccc3)n2)c(Br)c1. The van der Waals surface area contributed by atoms with Crippen molar-refractivity contribution in [3.8, 4) is 17.1 Å². The van der Waals surface area contributed by atoms with E-state index >= 15 is 0 Å². The van der Waals surface area contributed by atoms with E-state index in [-0.39, 0.29) is 0 Å². The summed E-state index contributed by atoms with van der Waals surface area (Å²) in [5.41, 5.74) is 8.11. The van der Waals surface area contributed by atoms with Gasteiger partial charge in [-0.25, -0.2) is 0 Å². The largest absolute Gasteiger partial charge is 0.399 e. The Kier molecular flexibility index (Phi) is 3.00. The highest BCUT2D eigenvalue weighted by Gasteiger charge is 2.09. The molecule has 0 spiro atoms. The summed E-state index contributed by atoms with van der Waals surface area (Å²) in [6.07, 6.45) is 0. The van der Waals surface area contributed by atoms with Crippen LogP contribution in [-0.2, 0) is 0 Å². The Morgan fingerprint density at radius 1 is 1.05 bits per heavy atom. The molecule has 0 aliphatic rings. The second-order valence-electron chi connectivity index (χ2n) is 3.98. The van der Waals surface area contributed by atoms with Crippen LogP contribution in [0.15, 0.2) is 53.0 Å². The van der Waals surface area contributed by atoms with E-state index in [1.165, 1.54) is 4.80 Å². The third kappa shape index (κ3) is 2.34. The number of halogens is 1. The molecule has 19 heavy (non-hydrogen) atoms. The summed E-state index contributed by atoms with van der Waals surface area (Å²) in [6, 6.07) is 15.2. The topological polar surface area (TPSA) is 69.6 Å². The molecule has 0 bridgehead atoms. The maximum absolute atomic E-state index is 5.71. The van der Waals surface area contributed by atoms with E-state index in [0.717, 1.165) is 15.7 Å². The van der Waals surface area contributed by atoms with Crippen molar-refractivity contribution < 1.29 is 0 Å². The number of nitrogens with two attached hydrogens (primary N) is 1. The molecule has 6 heteroatoms. The molecule has 0 aliphatic heterocycles. The maximum atomic E-state index is 5.71. The Balaban J connectivity index is 2.02. The Hall–Kier alpha value is -2.21. The lowest BCUT2D eigenvalue weighted by atomic mass is 10.2. The van der Waals surface area contributed by atoms with Crippen LogP contribution in [0.25, 0.3) is 17.1 Å². The first-order valence-corrected chi connectivity index (χ1v) is 6.44. The van der Waals surface area contributed by atoms with Gasteiger partial charge in [0.2, 0.25) is 5.82 Å². The van der Waals surface area contributed by atoms with Crippen LogP contribution >= 0.6 is 15.9 Å². The lowest BCUT2D eigenvalue weighted by molar-refractivity contribution is 0.717. The van der Waals surface area contributed by atoms with Crippen molar-refractivity contribution >= 4 is 21.6 Å². The molecule has 0 atom stereocenters. The summed E-state index contributed by atoms with van der Waals surface area (Å²) >= 11 is 3.44. The highest BCUT2D eigenvalue weighted by Crippen LogP contribution is 2.23. The van der Waals surface area contributed by atoms with E-state index in [0.29, 0.717) is 11.5 Å². The number of hydrogen-bond donors (Lipinski definition) is 1. The van der Waals surface area contributed by atoms with Crippen molar-refractivity contribution in [2.24, 2.45) is 0 Å². The Bertz CT molecular complexity index is 708. The Morgan fingerprint density at radius 2 is 1.84 bits per heavy atom. The number of benzene rings is 2. The Labute approximate surface area is 118 Å². The normalized spacial score (nSPS) is 10.6. The lowest BCUT2D eigenvalue weighted by Crippen LogP contribution is -2.00. The summed E-state index contributed by atoms with van der Waals surface area (Å²) in [6.45, 7) is 0. The second kappa shape index (κ2) is 4.81. The van der Waals surface area contributed by atoms with Crippen LogP contribution in [0, 0.1) is 0 Å². The van der Waals surface area contributed by atoms with E-state index in [1.807, 2.05) is 36.4 Å². The van der Waals surface area contributed by atoms with Crippen molar-refractivity contribution in [3.63, 3.8) is 0 Å². The van der Waals surface area contributed by atoms with Crippen LogP contribution in [0.5, 0.6) is 0 Å². The average molecular weight is 316 g/mol. The van der Waals surface area contributed by atoms with Gasteiger partial charge in [0, 0.05) is 15.7 Å². The molecule has 0 radical (unpaired) electrons. The first-order chi connectivity index (χ1) is 9.24. The standard InChI is InChI=1S/C13H10BrN5/c14-11-8-10(15)6-7-12(11)19-17-13(16-18-19)9-4-2-1-3-5-9/h1-8H,15H2. The van der Waals surface area contributed by atoms with Crippen LogP contribution in [0.3, 0.4) is 0 Å². The molecule has 1 heterocycles. The van der Waals surface area contributed by atoms with Crippen molar-refractivity contribution in [3.05, 3.63) is 53.0 Å². The Morgan fingerprint density at radius 3 is 2.58 bits per heavy atom. The molecule has 3 aromatic rings. The van der Waals surface area contributed by atoms with Gasteiger partial charge in [-0.05, 0) is 39.3 Å². The van der Waals surface area contributed by atoms with Crippen molar-refractivity contribution in [2.75, 3.05) is 5.73 Å². The quantitative estimate of drug-likeness (QED) is 0.738. The highest BCUT2D eigenvalue weighted by atomic mass is 79.9. The number of nitrogens with zero attached hydrogens (tertiary/aromatic N) is 4. The van der Waals surface area contributed by atoms with Gasteiger partial charge < -0.3 is 5.73 Å². The second-order valence-corrected chi connectivity index (χ2v) is 4.83. The van der Waals surface area contributed by atoms with Crippen LogP contribution in [0.2, 0.25) is 0 Å². The molecule has 0 unspecified atom stereocenters. The zero-order valence-electron chi connectivity index (χ0n) is 9.86. The molecule has 1 aromatic heterocycles. The molecular formula is C13H10BrN5. The van der Waals surface area contributed by atoms with Crippen LogP contribution in [0.4, 0.5) is 5.69 Å². The molecule has 0 aliphatic carbocycles. The van der Waals surface area contributed by atoms with E-state index < -0.39 is 0 Å². The van der Waals surface area contributed by atoms with E-state index in [9.17, 15) is 0 Å². The fourth-order valence-electron chi connectivity index (χ4n) is 1.70. The summed E-state index contributed by atoms with van der Waals surface area (Å²) < 4.78 is 0.824. The van der Waals surface area contributed by atoms with Crippen molar-refractivity contribution in [2.45, 2.75) is 0 Å². The third-order valence-corrected chi connectivity index (χ3v) is 3.27. The van der Waals surface area contributed by atoms with Gasteiger partial charge in [-0.15, -0.1) is 15.0 Å². The summed E-state index contributed by atoms with van der Waals surface area (Å²) in [5, 5.41) is 12.5. The van der Waals surface area contributed by atoms with Gasteiger partial charge in [0.15, 0.2) is 0 Å². The number of nitrogen functional groups attached to an aromatic ring is 1. The molecule has 3 rings (SSSR count). The van der Waals surface area contributed by atoms with Gasteiger partial charge in [-0.1, -0.05) is 30.3 Å². The number of hydrogen-bond acceptors (Lipinski definition) is 4. The smallest absolute Gasteiger partial charge is 0.205 e. The van der Waals surface area contributed by atoms with Crippen LogP contribution < -0.4 is 5.73 Å². The average Bonchev–Trinajstić information content (AvgIpc) is 2.89. The first-order valence-electron chi connectivity index (χ1n) is 5.65. The van der Waals surface area contributed by atoms with Gasteiger partial charge in [0.25, 0.3) is 0 Å². The predicted molar refractivity (Wildman–Crippen MR) is 76.7 cm³/mol. The first kappa shape index (κ1) is 11.9. The van der Waals surface area contributed by atoms with Crippen LogP contribution in [-0.4, -0.2) is 20.2 Å². The number of anilines is 1. The monoisotopic (exact) mass is 315 g/mol. The molecule has 2 N–H and O–H groups in total. The van der Waals surface area contributed by atoms with E-state index in [4.69, 9.17) is 5.73 Å². The molecule has 0 amide bonds. The summed E-state index contributed by atoms with van der Waals surface area (Å²) in [7, 11) is 0. The molecule has 94 valence electrons. The number of rotatable bonds is 2. The zero-order valence-corrected chi connectivity index (χ0v) is 11.4. The number of aromatic nitrogens is 4. The van der Waals surface area contributed by atoms with Gasteiger partial charge in [-0.2, -0.15) is 0 Å². The van der Waals surface area contributed by atoms with Gasteiger partial charge in [0.1, 0.15) is 5.69 Å². The molecule has 2 aromatic carbocycles. The lowest BCUT2D eigenvalue weighted by Gasteiger charge is -2.02. The number of tetrazole rings is 1. The van der Waals surface area contributed by atoms with E-state index in [1.54, 1.807) is 12.1 Å². The summed E-state index contributed by atoms with van der Waals surface area (Å²) in [5.74, 6) is 0.587. The van der Waals surface area contributed by atoms with Crippen molar-refractivity contribution in [1.82, 2.24) is 20.2 Å².